The minimum atomic E-state index is 0. The second-order valence-electron chi connectivity index (χ2n) is 6.87. The number of nitrogens with zero attached hydrogens (tertiary/aromatic N) is 4. The fourth-order valence-corrected chi connectivity index (χ4v) is 3.19. The predicted octanol–water partition coefficient (Wildman–Crippen LogP) is 2.85. The van der Waals surface area contributed by atoms with Crippen molar-refractivity contribution in [3.8, 4) is 11.5 Å². The van der Waals surface area contributed by atoms with Crippen molar-refractivity contribution >= 4 is 29.9 Å². The van der Waals surface area contributed by atoms with Crippen molar-refractivity contribution in [1.29, 1.82) is 0 Å². The highest BCUT2D eigenvalue weighted by atomic mass is 127. The van der Waals surface area contributed by atoms with E-state index in [2.05, 4.69) is 22.2 Å². The van der Waals surface area contributed by atoms with Gasteiger partial charge in [-0.3, -0.25) is 9.67 Å². The molecule has 0 bridgehead atoms. The first-order valence-electron chi connectivity index (χ1n) is 10.1. The van der Waals surface area contributed by atoms with Gasteiger partial charge < -0.3 is 24.4 Å². The molecule has 1 aromatic carbocycles. The van der Waals surface area contributed by atoms with Gasteiger partial charge in [-0.15, -0.1) is 24.0 Å². The molecule has 0 spiro atoms. The SMILES string of the molecule is CCNC(=NCCCOc1ccc(OC)cc1)N1CCOC(c2cnn(C)c2)C1.I. The molecule has 9 heteroatoms. The van der Waals surface area contributed by atoms with Crippen molar-refractivity contribution in [2.45, 2.75) is 19.4 Å². The zero-order chi connectivity index (χ0) is 20.5. The van der Waals surface area contributed by atoms with Crippen LogP contribution in [-0.4, -0.2) is 67.1 Å². The first-order valence-corrected chi connectivity index (χ1v) is 10.1. The standard InChI is InChI=1S/C21H31N5O3.HI/c1-4-22-21(23-10-5-12-28-19-8-6-18(27-3)7-9-19)26-11-13-29-20(16-26)17-14-24-25(2)15-17;/h6-9,14-15,20H,4-5,10-13,16H2,1-3H3,(H,22,23);1H. The molecular formula is C21H32IN5O3. The summed E-state index contributed by atoms with van der Waals surface area (Å²) in [5.41, 5.74) is 1.10. The molecule has 1 fully saturated rings. The summed E-state index contributed by atoms with van der Waals surface area (Å²) in [5.74, 6) is 2.59. The maximum atomic E-state index is 5.94. The van der Waals surface area contributed by atoms with E-state index in [1.807, 2.05) is 43.7 Å². The van der Waals surface area contributed by atoms with Gasteiger partial charge in [-0.1, -0.05) is 0 Å². The van der Waals surface area contributed by atoms with E-state index in [9.17, 15) is 0 Å². The third-order valence-electron chi connectivity index (χ3n) is 4.69. The Kier molecular flexibility index (Phi) is 10.2. The second-order valence-corrected chi connectivity index (χ2v) is 6.87. The van der Waals surface area contributed by atoms with Crippen LogP contribution in [0.2, 0.25) is 0 Å². The summed E-state index contributed by atoms with van der Waals surface area (Å²) >= 11 is 0. The molecule has 0 saturated carbocycles. The molecule has 1 atom stereocenters. The fourth-order valence-electron chi connectivity index (χ4n) is 3.19. The van der Waals surface area contributed by atoms with Crippen LogP contribution in [0.25, 0.3) is 0 Å². The highest BCUT2D eigenvalue weighted by Crippen LogP contribution is 2.21. The largest absolute Gasteiger partial charge is 0.497 e. The number of nitrogens with one attached hydrogen (secondary N) is 1. The predicted molar refractivity (Wildman–Crippen MR) is 128 cm³/mol. The highest BCUT2D eigenvalue weighted by Gasteiger charge is 2.25. The van der Waals surface area contributed by atoms with Crippen LogP contribution in [0, 0.1) is 0 Å². The van der Waals surface area contributed by atoms with Gasteiger partial charge in [0.25, 0.3) is 0 Å². The number of aromatic nitrogens is 2. The summed E-state index contributed by atoms with van der Waals surface area (Å²) < 4.78 is 18.7. The summed E-state index contributed by atoms with van der Waals surface area (Å²) in [6, 6.07) is 7.62. The molecule has 1 unspecified atom stereocenters. The molecule has 1 aliphatic rings. The van der Waals surface area contributed by atoms with Crippen molar-refractivity contribution in [2.75, 3.05) is 46.5 Å². The molecule has 2 heterocycles. The molecule has 0 radical (unpaired) electrons. The van der Waals surface area contributed by atoms with Gasteiger partial charge in [0, 0.05) is 44.9 Å². The van der Waals surface area contributed by atoms with Gasteiger partial charge in [0.1, 0.15) is 17.6 Å². The Balaban J connectivity index is 0.00000320. The Morgan fingerprint density at radius 2 is 2.07 bits per heavy atom. The Morgan fingerprint density at radius 3 is 2.73 bits per heavy atom. The van der Waals surface area contributed by atoms with Crippen LogP contribution < -0.4 is 14.8 Å². The minimum absolute atomic E-state index is 0. The molecule has 1 aromatic heterocycles. The van der Waals surface area contributed by atoms with Crippen molar-refractivity contribution in [2.24, 2.45) is 12.0 Å². The van der Waals surface area contributed by atoms with E-state index in [-0.39, 0.29) is 30.1 Å². The van der Waals surface area contributed by atoms with Crippen LogP contribution in [-0.2, 0) is 11.8 Å². The summed E-state index contributed by atoms with van der Waals surface area (Å²) in [5, 5.41) is 7.65. The lowest BCUT2D eigenvalue weighted by Crippen LogP contribution is -2.48. The first-order chi connectivity index (χ1) is 14.2. The molecule has 8 nitrogen and oxygen atoms in total. The molecule has 0 amide bonds. The number of rotatable bonds is 8. The van der Waals surface area contributed by atoms with Gasteiger partial charge in [0.2, 0.25) is 0 Å². The minimum Gasteiger partial charge on any atom is -0.497 e. The average molecular weight is 529 g/mol. The van der Waals surface area contributed by atoms with Crippen LogP contribution in [0.1, 0.15) is 25.0 Å². The summed E-state index contributed by atoms with van der Waals surface area (Å²) in [4.78, 5) is 7.04. The normalized spacial score (nSPS) is 16.7. The van der Waals surface area contributed by atoms with Crippen molar-refractivity contribution in [3.05, 3.63) is 42.2 Å². The molecule has 1 N–H and O–H groups in total. The smallest absolute Gasteiger partial charge is 0.194 e. The highest BCUT2D eigenvalue weighted by molar-refractivity contribution is 14.0. The third kappa shape index (κ3) is 7.05. The molecule has 1 aliphatic heterocycles. The van der Waals surface area contributed by atoms with Gasteiger partial charge in [-0.2, -0.15) is 5.10 Å². The van der Waals surface area contributed by atoms with E-state index >= 15 is 0 Å². The third-order valence-corrected chi connectivity index (χ3v) is 4.69. The average Bonchev–Trinajstić information content (AvgIpc) is 3.19. The number of ether oxygens (including phenoxy) is 3. The van der Waals surface area contributed by atoms with E-state index in [4.69, 9.17) is 19.2 Å². The van der Waals surface area contributed by atoms with Crippen LogP contribution in [0.3, 0.4) is 0 Å². The number of aliphatic imine (C=N–C) groups is 1. The number of hydrogen-bond acceptors (Lipinski definition) is 5. The summed E-state index contributed by atoms with van der Waals surface area (Å²) in [7, 11) is 3.58. The summed E-state index contributed by atoms with van der Waals surface area (Å²) in [6.45, 7) is 6.50. The van der Waals surface area contributed by atoms with E-state index in [1.165, 1.54) is 0 Å². The molecule has 1 saturated heterocycles. The molecule has 2 aromatic rings. The van der Waals surface area contributed by atoms with Crippen LogP contribution in [0.5, 0.6) is 11.5 Å². The van der Waals surface area contributed by atoms with Gasteiger partial charge in [0.15, 0.2) is 5.96 Å². The lowest BCUT2D eigenvalue weighted by molar-refractivity contribution is -0.00804. The number of guanidine groups is 1. The van der Waals surface area contributed by atoms with Gasteiger partial charge in [-0.25, -0.2) is 0 Å². The quantitative estimate of drug-likeness (QED) is 0.246. The Bertz CT molecular complexity index is 781. The van der Waals surface area contributed by atoms with Crippen molar-refractivity contribution in [1.82, 2.24) is 20.0 Å². The summed E-state index contributed by atoms with van der Waals surface area (Å²) in [6.07, 6.45) is 4.74. The maximum Gasteiger partial charge on any atom is 0.194 e. The monoisotopic (exact) mass is 529 g/mol. The van der Waals surface area contributed by atoms with E-state index in [0.29, 0.717) is 19.8 Å². The number of halogens is 1. The number of methoxy groups -OCH3 is 1. The molecule has 166 valence electrons. The second kappa shape index (κ2) is 12.6. The number of benzene rings is 1. The number of morpholine rings is 1. The van der Waals surface area contributed by atoms with Gasteiger partial charge >= 0.3 is 0 Å². The fraction of sp³-hybridized carbons (Fsp3) is 0.524. The van der Waals surface area contributed by atoms with Crippen molar-refractivity contribution in [3.63, 3.8) is 0 Å². The maximum absolute atomic E-state index is 5.94. The molecule has 30 heavy (non-hydrogen) atoms. The zero-order valence-electron chi connectivity index (χ0n) is 17.9. The number of hydrogen-bond donors (Lipinski definition) is 1. The molecule has 0 aliphatic carbocycles. The topological polar surface area (TPSA) is 73.1 Å². The van der Waals surface area contributed by atoms with Crippen LogP contribution in [0.4, 0.5) is 0 Å². The molecular weight excluding hydrogens is 497 g/mol. The van der Waals surface area contributed by atoms with Crippen molar-refractivity contribution < 1.29 is 14.2 Å². The van der Waals surface area contributed by atoms with E-state index < -0.39 is 0 Å². The van der Waals surface area contributed by atoms with Crippen LogP contribution >= 0.6 is 24.0 Å². The zero-order valence-corrected chi connectivity index (χ0v) is 20.2. The van der Waals surface area contributed by atoms with E-state index in [1.54, 1.807) is 11.8 Å². The molecule has 3 rings (SSSR count). The van der Waals surface area contributed by atoms with Crippen LogP contribution in [0.15, 0.2) is 41.7 Å². The Labute approximate surface area is 195 Å². The Morgan fingerprint density at radius 1 is 1.30 bits per heavy atom. The first kappa shape index (κ1) is 24.3. The lowest BCUT2D eigenvalue weighted by Gasteiger charge is -2.34. The van der Waals surface area contributed by atoms with E-state index in [0.717, 1.165) is 49.1 Å². The Hall–Kier alpha value is -2.01. The van der Waals surface area contributed by atoms with Gasteiger partial charge in [0.05, 0.1) is 33.1 Å². The number of aryl methyl sites for hydroxylation is 1. The lowest BCUT2D eigenvalue weighted by atomic mass is 10.1. The van der Waals surface area contributed by atoms with Gasteiger partial charge in [-0.05, 0) is 31.2 Å².